The molecule has 0 saturated heterocycles. The molecular weight excluding hydrogens is 504 g/mol. The second kappa shape index (κ2) is 12.7. The number of carboxylic acid groups (broad SMARTS) is 1. The van der Waals surface area contributed by atoms with Gasteiger partial charge in [-0.2, -0.15) is 0 Å². The zero-order valence-corrected chi connectivity index (χ0v) is 25.8. The van der Waals surface area contributed by atoms with Crippen LogP contribution in [0, 0.1) is 11.3 Å². The molecule has 1 amide bonds. The van der Waals surface area contributed by atoms with Gasteiger partial charge >= 0.3 is 5.97 Å². The Kier molecular flexibility index (Phi) is 10.3. The average molecular weight is 551 g/mol. The number of fused-ring (bicyclic) bond motifs is 1. The Bertz CT molecular complexity index is 1310. The monoisotopic (exact) mass is 550 g/mol. The highest BCUT2D eigenvalue weighted by molar-refractivity contribution is 6.08. The van der Waals surface area contributed by atoms with Crippen molar-refractivity contribution in [1.29, 1.82) is 0 Å². The van der Waals surface area contributed by atoms with Gasteiger partial charge in [-0.05, 0) is 77.9 Å². The maximum absolute atomic E-state index is 13.4. The molecule has 8 heteroatoms. The molecule has 218 valence electrons. The molecule has 0 fully saturated rings. The summed E-state index contributed by atoms with van der Waals surface area (Å²) in [6.45, 7) is 23.5. The Morgan fingerprint density at radius 1 is 1.23 bits per heavy atom. The number of carbonyl (C=O) groups excluding carboxylic acids is 1. The molecule has 0 spiro atoms. The minimum atomic E-state index is -1.34. The molecule has 4 N–H and O–H groups in total. The summed E-state index contributed by atoms with van der Waals surface area (Å²) in [4.78, 5) is 34.5. The molecule has 1 unspecified atom stereocenters. The second-order valence-corrected chi connectivity index (χ2v) is 11.5. The molecule has 1 aromatic heterocycles. The highest BCUT2D eigenvalue weighted by atomic mass is 16.5. The topological polar surface area (TPSA) is 127 Å². The molecule has 0 aliphatic carbocycles. The molecule has 1 aliphatic rings. The first-order valence-electron chi connectivity index (χ1n) is 13.9. The molecule has 1 atom stereocenters. The SMILES string of the molecule is C=C(O/C=C(\CC)CC(C)(C)C(=O)O)C1(C)C(=O)Nc2nc(C(=C(/C)CC)/C(/C=C\C)=C(/C)C(C)C)nc(N)c21. The lowest BCUT2D eigenvalue weighted by atomic mass is 9.82. The number of anilines is 2. The van der Waals surface area contributed by atoms with Crippen molar-refractivity contribution in [3.63, 3.8) is 0 Å². The maximum Gasteiger partial charge on any atom is 0.309 e. The van der Waals surface area contributed by atoms with Crippen LogP contribution in [0.3, 0.4) is 0 Å². The number of nitrogen functional groups attached to an aromatic ring is 1. The van der Waals surface area contributed by atoms with Crippen LogP contribution in [0.5, 0.6) is 0 Å². The Balaban J connectivity index is 2.62. The molecule has 0 saturated carbocycles. The van der Waals surface area contributed by atoms with Gasteiger partial charge in [-0.1, -0.05) is 57.6 Å². The van der Waals surface area contributed by atoms with Crippen LogP contribution in [0.4, 0.5) is 11.6 Å². The number of aliphatic carboxylic acids is 1. The van der Waals surface area contributed by atoms with Gasteiger partial charge in [0.25, 0.3) is 0 Å². The van der Waals surface area contributed by atoms with Crippen molar-refractivity contribution in [2.45, 2.75) is 93.9 Å². The normalized spacial score (nSPS) is 18.9. The fraction of sp³-hybridized carbons (Fsp3) is 0.500. The van der Waals surface area contributed by atoms with Crippen LogP contribution >= 0.6 is 0 Å². The summed E-state index contributed by atoms with van der Waals surface area (Å²) in [6.07, 6.45) is 7.23. The summed E-state index contributed by atoms with van der Waals surface area (Å²) in [5.74, 6) is 0.132. The van der Waals surface area contributed by atoms with Gasteiger partial charge in [0.15, 0.2) is 5.82 Å². The number of allylic oxidation sites excluding steroid dienone is 7. The number of ether oxygens (including phenoxy) is 1. The van der Waals surface area contributed by atoms with E-state index in [1.807, 2.05) is 19.9 Å². The van der Waals surface area contributed by atoms with E-state index >= 15 is 0 Å². The smallest absolute Gasteiger partial charge is 0.309 e. The number of nitrogens with zero attached hydrogens (tertiary/aromatic N) is 2. The number of aromatic nitrogens is 2. The van der Waals surface area contributed by atoms with E-state index in [2.05, 4.69) is 52.6 Å². The first kappa shape index (κ1) is 32.5. The molecule has 2 heterocycles. The molecule has 0 radical (unpaired) electrons. The molecule has 1 aliphatic heterocycles. The summed E-state index contributed by atoms with van der Waals surface area (Å²) in [7, 11) is 0. The van der Waals surface area contributed by atoms with E-state index in [-0.39, 0.29) is 17.5 Å². The number of nitrogens with two attached hydrogens (primary N) is 1. The molecule has 0 aromatic carbocycles. The molecule has 8 nitrogen and oxygen atoms in total. The highest BCUT2D eigenvalue weighted by Crippen LogP contribution is 2.45. The van der Waals surface area contributed by atoms with Gasteiger partial charge in [-0.25, -0.2) is 9.97 Å². The van der Waals surface area contributed by atoms with Gasteiger partial charge in [-0.3, -0.25) is 9.59 Å². The number of amides is 1. The minimum absolute atomic E-state index is 0.150. The van der Waals surface area contributed by atoms with E-state index in [0.29, 0.717) is 36.0 Å². The van der Waals surface area contributed by atoms with Gasteiger partial charge in [0.2, 0.25) is 5.91 Å². The van der Waals surface area contributed by atoms with Crippen LogP contribution in [0.1, 0.15) is 99.9 Å². The summed E-state index contributed by atoms with van der Waals surface area (Å²) in [5, 5.41) is 12.4. The summed E-state index contributed by atoms with van der Waals surface area (Å²) < 4.78 is 5.90. The highest BCUT2D eigenvalue weighted by Gasteiger charge is 2.50. The lowest BCUT2D eigenvalue weighted by Gasteiger charge is -2.25. The summed E-state index contributed by atoms with van der Waals surface area (Å²) >= 11 is 0. The quantitative estimate of drug-likeness (QED) is 0.184. The van der Waals surface area contributed by atoms with Crippen LogP contribution in [-0.2, 0) is 19.7 Å². The van der Waals surface area contributed by atoms with E-state index in [0.717, 1.165) is 28.7 Å². The van der Waals surface area contributed by atoms with Crippen molar-refractivity contribution in [3.8, 4) is 0 Å². The third kappa shape index (κ3) is 6.37. The fourth-order valence-corrected chi connectivity index (χ4v) is 4.56. The standard InChI is InChI=1S/C32H46N4O4/c1-12-15-23(20(7)18(4)5)24(19(6)13-2)27-34-26(33)25-28(35-27)36-29(37)32(25,11)21(8)40-17-22(14-3)16-31(9,10)30(38)39/h12,15,17-18H,8,13-14,16H2,1-7,9-11H3,(H,38,39)(H3,33,34,35,36,37)/b15-12-,22-17+,23-20-,24-19-. The van der Waals surface area contributed by atoms with Gasteiger partial charge in [0, 0.05) is 5.57 Å². The number of rotatable bonds is 12. The Morgan fingerprint density at radius 3 is 2.35 bits per heavy atom. The maximum atomic E-state index is 13.4. The zero-order chi connectivity index (χ0) is 30.6. The van der Waals surface area contributed by atoms with Crippen molar-refractivity contribution < 1.29 is 19.4 Å². The lowest BCUT2D eigenvalue weighted by molar-refractivity contribution is -0.146. The fourth-order valence-electron chi connectivity index (χ4n) is 4.56. The third-order valence-electron chi connectivity index (χ3n) is 7.82. The number of carboxylic acids is 1. The zero-order valence-electron chi connectivity index (χ0n) is 25.8. The minimum Gasteiger partial charge on any atom is -0.481 e. The van der Waals surface area contributed by atoms with Crippen LogP contribution in [0.15, 0.2) is 53.0 Å². The third-order valence-corrected chi connectivity index (χ3v) is 7.82. The number of carbonyl (C=O) groups is 2. The van der Waals surface area contributed by atoms with Gasteiger partial charge in [0.1, 0.15) is 22.8 Å². The van der Waals surface area contributed by atoms with Crippen molar-refractivity contribution in [1.82, 2.24) is 9.97 Å². The predicted octanol–water partition coefficient (Wildman–Crippen LogP) is 7.33. The predicted molar refractivity (Wildman–Crippen MR) is 162 cm³/mol. The Hall–Kier alpha value is -3.68. The largest absolute Gasteiger partial charge is 0.481 e. The average Bonchev–Trinajstić information content (AvgIpc) is 3.15. The van der Waals surface area contributed by atoms with Crippen molar-refractivity contribution in [2.75, 3.05) is 11.1 Å². The summed E-state index contributed by atoms with van der Waals surface area (Å²) in [6, 6.07) is 0. The molecule has 2 rings (SSSR count). The number of hydrogen-bond acceptors (Lipinski definition) is 6. The van der Waals surface area contributed by atoms with Crippen LogP contribution in [-0.4, -0.2) is 27.0 Å². The molecular formula is C32H46N4O4. The first-order chi connectivity index (χ1) is 18.6. The van der Waals surface area contributed by atoms with Crippen LogP contribution in [0.2, 0.25) is 0 Å². The van der Waals surface area contributed by atoms with E-state index in [9.17, 15) is 14.7 Å². The van der Waals surface area contributed by atoms with Crippen molar-refractivity contribution >= 4 is 29.1 Å². The number of nitrogens with one attached hydrogen (secondary N) is 1. The van der Waals surface area contributed by atoms with Crippen molar-refractivity contribution in [3.05, 3.63) is 64.4 Å². The first-order valence-corrected chi connectivity index (χ1v) is 13.9. The molecule has 1 aromatic rings. The van der Waals surface area contributed by atoms with Gasteiger partial charge in [-0.15, -0.1) is 0 Å². The Morgan fingerprint density at radius 2 is 1.85 bits per heavy atom. The summed E-state index contributed by atoms with van der Waals surface area (Å²) in [5.41, 5.74) is 9.70. The molecule has 0 bridgehead atoms. The second-order valence-electron chi connectivity index (χ2n) is 11.5. The van der Waals surface area contributed by atoms with Crippen LogP contribution < -0.4 is 11.1 Å². The Labute approximate surface area is 239 Å². The number of hydrogen-bond donors (Lipinski definition) is 3. The van der Waals surface area contributed by atoms with E-state index in [1.165, 1.54) is 11.8 Å². The van der Waals surface area contributed by atoms with E-state index in [1.54, 1.807) is 20.8 Å². The van der Waals surface area contributed by atoms with Crippen molar-refractivity contribution in [2.24, 2.45) is 11.3 Å². The van der Waals surface area contributed by atoms with E-state index < -0.39 is 16.8 Å². The van der Waals surface area contributed by atoms with E-state index in [4.69, 9.17) is 20.4 Å². The van der Waals surface area contributed by atoms with Gasteiger partial charge in [0.05, 0.1) is 17.2 Å². The molecule has 40 heavy (non-hydrogen) atoms. The van der Waals surface area contributed by atoms with Gasteiger partial charge < -0.3 is 20.9 Å². The van der Waals surface area contributed by atoms with Crippen LogP contribution in [0.25, 0.3) is 5.57 Å². The lowest BCUT2D eigenvalue weighted by Crippen LogP contribution is -2.34.